The highest BCUT2D eigenvalue weighted by Gasteiger charge is 2.28. The predicted molar refractivity (Wildman–Crippen MR) is 139 cm³/mol. The Hall–Kier alpha value is -4.30. The van der Waals surface area contributed by atoms with Crippen LogP contribution in [0.3, 0.4) is 0 Å². The highest BCUT2D eigenvalue weighted by molar-refractivity contribution is 7.10. The van der Waals surface area contributed by atoms with Gasteiger partial charge in [-0.3, -0.25) is 10.1 Å². The number of hydrogen-bond donors (Lipinski definition) is 2. The Labute approximate surface area is 211 Å². The van der Waals surface area contributed by atoms with Gasteiger partial charge in [-0.2, -0.15) is 0 Å². The fourth-order valence-electron chi connectivity index (χ4n) is 4.25. The van der Waals surface area contributed by atoms with E-state index in [-0.39, 0.29) is 6.54 Å². The van der Waals surface area contributed by atoms with E-state index in [1.807, 2.05) is 72.1 Å². The summed E-state index contributed by atoms with van der Waals surface area (Å²) in [7, 11) is 0. The largest absolute Gasteiger partial charge is 0.452 e. The zero-order valence-electron chi connectivity index (χ0n) is 19.3. The molecule has 0 saturated heterocycles. The van der Waals surface area contributed by atoms with Gasteiger partial charge in [-0.25, -0.2) is 14.6 Å². The second kappa shape index (κ2) is 10.5. The lowest BCUT2D eigenvalue weighted by Crippen LogP contribution is -2.41. The quantitative estimate of drug-likeness (QED) is 0.367. The van der Waals surface area contributed by atoms with E-state index >= 15 is 0 Å². The molecule has 7 nitrogen and oxygen atoms in total. The molecule has 2 N–H and O–H groups in total. The maximum Gasteiger partial charge on any atom is 0.339 e. The van der Waals surface area contributed by atoms with E-state index in [9.17, 15) is 14.4 Å². The number of rotatable bonds is 6. The van der Waals surface area contributed by atoms with Gasteiger partial charge in [0.1, 0.15) is 0 Å². The number of carbonyl (C=O) groups is 3. The van der Waals surface area contributed by atoms with Gasteiger partial charge in [0.25, 0.3) is 5.91 Å². The lowest BCUT2D eigenvalue weighted by Gasteiger charge is -2.12. The van der Waals surface area contributed by atoms with Crippen LogP contribution in [0.25, 0.3) is 22.6 Å². The molecule has 0 fully saturated rings. The number of imide groups is 1. The molecule has 0 unspecified atom stereocenters. The van der Waals surface area contributed by atoms with E-state index in [1.54, 1.807) is 11.3 Å². The maximum absolute atomic E-state index is 13.2. The fraction of sp³-hybridized carbons (Fsp3) is 0.143. The molecule has 0 radical (unpaired) electrons. The number of nitrogens with one attached hydrogen (secondary N) is 2. The first kappa shape index (κ1) is 23.4. The average Bonchev–Trinajstić information content (AvgIpc) is 3.56. The number of benzene rings is 2. The van der Waals surface area contributed by atoms with E-state index < -0.39 is 24.5 Å². The highest BCUT2D eigenvalue weighted by Crippen LogP contribution is 2.38. The number of pyridine rings is 1. The minimum absolute atomic E-state index is 0.274. The van der Waals surface area contributed by atoms with E-state index in [0.717, 1.165) is 33.7 Å². The van der Waals surface area contributed by atoms with Crippen molar-refractivity contribution in [3.63, 3.8) is 0 Å². The Morgan fingerprint density at radius 3 is 2.58 bits per heavy atom. The van der Waals surface area contributed by atoms with Crippen LogP contribution in [0.5, 0.6) is 0 Å². The van der Waals surface area contributed by atoms with Gasteiger partial charge >= 0.3 is 12.0 Å². The number of ether oxygens (including phenoxy) is 1. The molecule has 180 valence electrons. The predicted octanol–water partition coefficient (Wildman–Crippen LogP) is 4.97. The summed E-state index contributed by atoms with van der Waals surface area (Å²) in [5.41, 5.74) is 4.69. The Kier molecular flexibility index (Phi) is 6.86. The molecule has 8 heteroatoms. The van der Waals surface area contributed by atoms with Crippen LogP contribution in [0.15, 0.2) is 72.1 Å². The molecule has 4 aromatic rings. The van der Waals surface area contributed by atoms with Crippen molar-refractivity contribution in [3.8, 4) is 0 Å². The zero-order chi connectivity index (χ0) is 24.9. The number of fused-ring (bicyclic) bond motifs is 2. The van der Waals surface area contributed by atoms with E-state index in [0.29, 0.717) is 22.9 Å². The van der Waals surface area contributed by atoms with E-state index in [1.165, 1.54) is 0 Å². The van der Waals surface area contributed by atoms with Crippen molar-refractivity contribution < 1.29 is 19.1 Å². The molecule has 1 aliphatic rings. The molecular weight excluding hydrogens is 474 g/mol. The summed E-state index contributed by atoms with van der Waals surface area (Å²) in [5, 5.41) is 7.50. The first-order valence-electron chi connectivity index (χ1n) is 11.5. The standard InChI is InChI=1S/C28H23N3O4S/c32-24(31-28(34)29-16-18-7-2-1-3-8-18)17-35-27(33)25-21-10-4-5-11-23(21)30-26-19(12-13-22(25)26)15-20-9-6-14-36-20/h1-11,14-15H,12-13,16-17H2,(H2,29,31,32,34). The van der Waals surface area contributed by atoms with Crippen LogP contribution < -0.4 is 10.6 Å². The summed E-state index contributed by atoms with van der Waals surface area (Å²) in [6, 6.07) is 20.1. The minimum Gasteiger partial charge on any atom is -0.452 e. The first-order valence-corrected chi connectivity index (χ1v) is 12.4. The van der Waals surface area contributed by atoms with Gasteiger partial charge in [0.05, 0.1) is 16.8 Å². The normalized spacial score (nSPS) is 13.4. The van der Waals surface area contributed by atoms with Gasteiger partial charge in [0.15, 0.2) is 6.61 Å². The third kappa shape index (κ3) is 5.18. The number of thiophene rings is 1. The number of allylic oxidation sites excluding steroid dienone is 1. The van der Waals surface area contributed by atoms with Gasteiger partial charge in [0, 0.05) is 16.8 Å². The van der Waals surface area contributed by atoms with Crippen molar-refractivity contribution in [2.75, 3.05) is 6.61 Å². The van der Waals surface area contributed by atoms with Crippen molar-refractivity contribution in [1.29, 1.82) is 0 Å². The van der Waals surface area contributed by atoms with Crippen LogP contribution in [-0.4, -0.2) is 29.5 Å². The molecule has 0 saturated carbocycles. The summed E-state index contributed by atoms with van der Waals surface area (Å²) in [4.78, 5) is 43.5. The lowest BCUT2D eigenvalue weighted by atomic mass is 10.0. The van der Waals surface area contributed by atoms with Crippen molar-refractivity contribution in [2.45, 2.75) is 19.4 Å². The molecule has 0 spiro atoms. The average molecular weight is 498 g/mol. The number of amides is 3. The molecule has 2 aromatic heterocycles. The number of hydrogen-bond acceptors (Lipinski definition) is 6. The molecule has 3 amide bonds. The molecule has 36 heavy (non-hydrogen) atoms. The number of carbonyl (C=O) groups excluding carboxylic acids is 3. The number of para-hydroxylation sites is 1. The van der Waals surface area contributed by atoms with Gasteiger partial charge in [0.2, 0.25) is 0 Å². The van der Waals surface area contributed by atoms with Crippen molar-refractivity contribution in [2.24, 2.45) is 0 Å². The Morgan fingerprint density at radius 2 is 1.78 bits per heavy atom. The van der Waals surface area contributed by atoms with Crippen molar-refractivity contribution in [1.82, 2.24) is 15.6 Å². The molecule has 1 aliphatic carbocycles. The summed E-state index contributed by atoms with van der Waals surface area (Å²) in [6.07, 6.45) is 3.52. The molecule has 2 aromatic carbocycles. The number of nitrogens with zero attached hydrogens (tertiary/aromatic N) is 1. The molecule has 0 aliphatic heterocycles. The third-order valence-electron chi connectivity index (χ3n) is 5.89. The van der Waals surface area contributed by atoms with Crippen LogP contribution in [0, 0.1) is 0 Å². The van der Waals surface area contributed by atoms with Crippen LogP contribution in [0.4, 0.5) is 4.79 Å². The molecule has 0 bridgehead atoms. The number of aromatic nitrogens is 1. The molecule has 2 heterocycles. The Bertz CT molecular complexity index is 1460. The summed E-state index contributed by atoms with van der Waals surface area (Å²) < 4.78 is 5.35. The highest BCUT2D eigenvalue weighted by atomic mass is 32.1. The molecule has 0 atom stereocenters. The Balaban J connectivity index is 1.29. The van der Waals surface area contributed by atoms with Gasteiger partial charge in [-0.15, -0.1) is 11.3 Å². The fourth-order valence-corrected chi connectivity index (χ4v) is 4.93. The van der Waals surface area contributed by atoms with Crippen molar-refractivity contribution in [3.05, 3.63) is 99.4 Å². The number of urea groups is 1. The van der Waals surface area contributed by atoms with Crippen LogP contribution in [0.2, 0.25) is 0 Å². The first-order chi connectivity index (χ1) is 17.6. The van der Waals surface area contributed by atoms with E-state index in [2.05, 4.69) is 16.7 Å². The third-order valence-corrected chi connectivity index (χ3v) is 6.71. The van der Waals surface area contributed by atoms with Crippen LogP contribution >= 0.6 is 11.3 Å². The second-order valence-electron chi connectivity index (χ2n) is 8.31. The smallest absolute Gasteiger partial charge is 0.339 e. The van der Waals surface area contributed by atoms with Crippen LogP contribution in [0.1, 0.15) is 38.5 Å². The SMILES string of the molecule is O=C(COC(=O)c1c2c(nc3ccccc13)C(=Cc1cccs1)CC2)NC(=O)NCc1ccccc1. The lowest BCUT2D eigenvalue weighted by molar-refractivity contribution is -0.123. The monoisotopic (exact) mass is 497 g/mol. The van der Waals surface area contributed by atoms with Gasteiger partial charge < -0.3 is 10.1 Å². The van der Waals surface area contributed by atoms with E-state index in [4.69, 9.17) is 9.72 Å². The minimum atomic E-state index is -0.706. The van der Waals surface area contributed by atoms with Gasteiger partial charge in [-0.05, 0) is 53.1 Å². The Morgan fingerprint density at radius 1 is 0.972 bits per heavy atom. The summed E-state index contributed by atoms with van der Waals surface area (Å²) >= 11 is 1.64. The maximum atomic E-state index is 13.2. The van der Waals surface area contributed by atoms with Crippen LogP contribution in [-0.2, 0) is 22.5 Å². The summed E-state index contributed by atoms with van der Waals surface area (Å²) in [5.74, 6) is -1.32. The van der Waals surface area contributed by atoms with Gasteiger partial charge in [-0.1, -0.05) is 54.6 Å². The number of esters is 1. The summed E-state index contributed by atoms with van der Waals surface area (Å²) in [6.45, 7) is -0.295. The zero-order valence-corrected chi connectivity index (χ0v) is 20.1. The molecule has 5 rings (SSSR count). The molecular formula is C28H23N3O4S. The van der Waals surface area contributed by atoms with Crippen molar-refractivity contribution >= 4 is 51.8 Å². The second-order valence-corrected chi connectivity index (χ2v) is 9.29. The topological polar surface area (TPSA) is 97.4 Å².